The molecule has 1 unspecified atom stereocenters. The van der Waals surface area contributed by atoms with E-state index in [0.717, 1.165) is 31.4 Å². The number of urea groups is 1. The second kappa shape index (κ2) is 17.4. The number of hydrogen-bond donors (Lipinski definition) is 7. The number of thioether (sulfide) groups is 1. The zero-order valence-electron chi connectivity index (χ0n) is 26.0. The second-order valence-corrected chi connectivity index (χ2v) is 14.7. The van der Waals surface area contributed by atoms with Crippen molar-refractivity contribution in [3.63, 3.8) is 0 Å². The number of amides is 4. The number of aliphatic imine (C=N–C) groups is 1. The fraction of sp³-hybridized carbons (Fsp3) is 0.786. The van der Waals surface area contributed by atoms with Gasteiger partial charge in [0.05, 0.1) is 43.0 Å². The first-order valence-corrected chi connectivity index (χ1v) is 18.2. The number of nitrogens with zero attached hydrogens (tertiary/aromatic N) is 1. The van der Waals surface area contributed by atoms with Crippen molar-refractivity contribution in [3.8, 4) is 0 Å². The molecule has 2 aliphatic heterocycles. The maximum atomic E-state index is 13.3. The molecular weight excluding hydrogens is 609 g/mol. The summed E-state index contributed by atoms with van der Waals surface area (Å²) in [5, 5.41) is 12.1. The summed E-state index contributed by atoms with van der Waals surface area (Å²) < 4.78 is 25.0. The first kappa shape index (κ1) is 36.2. The number of carbonyl (C=O) groups excluding carboxylic acids is 3. The number of hydrogen-bond acceptors (Lipinski definition) is 8. The lowest BCUT2D eigenvalue weighted by Gasteiger charge is -2.37. The SMILES string of the molecule is CCC(CC)O[C@@H]1C=C(P(=O)(O)OCCCCCNC(=O)CCC[C@@H]2SC[C@@H]3NC(=O)N[C@@H]32)C[C@H](N=C(N)N)[C@H]1NC(C)=O. The predicted octanol–water partition coefficient (Wildman–Crippen LogP) is 1.82. The fourth-order valence-corrected chi connectivity index (χ4v) is 8.63. The molecule has 0 aromatic heterocycles. The van der Waals surface area contributed by atoms with Crippen LogP contribution in [0.1, 0.15) is 78.6 Å². The fourth-order valence-electron chi connectivity index (χ4n) is 5.79. The Kier molecular flexibility index (Phi) is 14.3. The van der Waals surface area contributed by atoms with Gasteiger partial charge in [-0.2, -0.15) is 11.8 Å². The average molecular weight is 660 g/mol. The van der Waals surface area contributed by atoms with E-state index in [2.05, 4.69) is 26.3 Å². The second-order valence-electron chi connectivity index (χ2n) is 11.5. The smallest absolute Gasteiger partial charge is 0.354 e. The lowest BCUT2D eigenvalue weighted by molar-refractivity contribution is -0.122. The van der Waals surface area contributed by atoms with Crippen LogP contribution >= 0.6 is 19.4 Å². The van der Waals surface area contributed by atoms with Crippen molar-refractivity contribution in [2.24, 2.45) is 16.5 Å². The summed E-state index contributed by atoms with van der Waals surface area (Å²) in [5.41, 5.74) is 11.3. The number of carbonyl (C=O) groups is 3. The minimum atomic E-state index is -4.19. The highest BCUT2D eigenvalue weighted by Crippen LogP contribution is 2.55. The van der Waals surface area contributed by atoms with Crippen molar-refractivity contribution in [2.75, 3.05) is 18.9 Å². The summed E-state index contributed by atoms with van der Waals surface area (Å²) in [6, 6.07) is -1.10. The molecule has 0 spiro atoms. The first-order valence-electron chi connectivity index (χ1n) is 15.6. The van der Waals surface area contributed by atoms with E-state index in [1.807, 2.05) is 25.6 Å². The molecule has 1 aliphatic carbocycles. The highest BCUT2D eigenvalue weighted by molar-refractivity contribution is 8.00. The molecule has 0 radical (unpaired) electrons. The molecule has 7 atom stereocenters. The van der Waals surface area contributed by atoms with Crippen LogP contribution in [0.5, 0.6) is 0 Å². The maximum absolute atomic E-state index is 13.3. The molecule has 9 N–H and O–H groups in total. The summed E-state index contributed by atoms with van der Waals surface area (Å²) in [4.78, 5) is 50.8. The molecular formula is C28H50N7O7PS. The number of unbranched alkanes of at least 4 members (excludes halogenated alkanes) is 2. The number of ether oxygens (including phenoxy) is 1. The molecule has 0 bridgehead atoms. The van der Waals surface area contributed by atoms with Crippen molar-refractivity contribution < 1.29 is 33.1 Å². The Bertz CT molecular complexity index is 1100. The Balaban J connectivity index is 1.41. The summed E-state index contributed by atoms with van der Waals surface area (Å²) in [7, 11) is -4.19. The Morgan fingerprint density at radius 2 is 1.95 bits per heavy atom. The van der Waals surface area contributed by atoms with Crippen molar-refractivity contribution in [1.29, 1.82) is 0 Å². The number of nitrogens with one attached hydrogen (secondary N) is 4. The Morgan fingerprint density at radius 3 is 2.64 bits per heavy atom. The van der Waals surface area contributed by atoms with Crippen LogP contribution in [0.4, 0.5) is 4.79 Å². The Morgan fingerprint density at radius 1 is 1.20 bits per heavy atom. The minimum Gasteiger partial charge on any atom is -0.370 e. The molecule has 250 valence electrons. The van der Waals surface area contributed by atoms with E-state index >= 15 is 0 Å². The van der Waals surface area contributed by atoms with Gasteiger partial charge in [-0.05, 0) is 51.0 Å². The van der Waals surface area contributed by atoms with Crippen molar-refractivity contribution >= 4 is 43.2 Å². The van der Waals surface area contributed by atoms with Crippen LogP contribution in [0.15, 0.2) is 16.4 Å². The van der Waals surface area contributed by atoms with Crippen LogP contribution in [0.3, 0.4) is 0 Å². The number of guanidine groups is 1. The van der Waals surface area contributed by atoms with Gasteiger partial charge in [-0.15, -0.1) is 0 Å². The van der Waals surface area contributed by atoms with E-state index in [1.165, 1.54) is 6.92 Å². The molecule has 3 aliphatic rings. The lowest BCUT2D eigenvalue weighted by atomic mass is 9.93. The molecule has 0 aromatic rings. The summed E-state index contributed by atoms with van der Waals surface area (Å²) in [5.74, 6) is 0.408. The van der Waals surface area contributed by atoms with Crippen molar-refractivity contribution in [1.82, 2.24) is 21.3 Å². The largest absolute Gasteiger partial charge is 0.370 e. The minimum absolute atomic E-state index is 0.00321. The maximum Gasteiger partial charge on any atom is 0.354 e. The Labute approximate surface area is 264 Å². The lowest BCUT2D eigenvalue weighted by Crippen LogP contribution is -2.53. The van der Waals surface area contributed by atoms with Crippen LogP contribution in [0.25, 0.3) is 0 Å². The number of nitrogens with two attached hydrogens (primary N) is 2. The quantitative estimate of drug-likeness (QED) is 0.0372. The third kappa shape index (κ3) is 10.9. The van der Waals surface area contributed by atoms with E-state index in [0.29, 0.717) is 37.5 Å². The first-order chi connectivity index (χ1) is 20.9. The van der Waals surface area contributed by atoms with E-state index in [1.54, 1.807) is 6.08 Å². The average Bonchev–Trinajstić information content (AvgIpc) is 3.51. The van der Waals surface area contributed by atoms with Gasteiger partial charge in [-0.1, -0.05) is 13.8 Å². The summed E-state index contributed by atoms with van der Waals surface area (Å²) in [6.07, 6.45) is 6.23. The molecule has 2 fully saturated rings. The topological polar surface area (TPSA) is 219 Å². The van der Waals surface area contributed by atoms with Crippen molar-refractivity contribution in [2.45, 2.75) is 120 Å². The van der Waals surface area contributed by atoms with E-state index < -0.39 is 25.8 Å². The number of fused-ring (bicyclic) bond motifs is 1. The zero-order chi connectivity index (χ0) is 32.3. The summed E-state index contributed by atoms with van der Waals surface area (Å²) in [6.45, 7) is 5.92. The molecule has 4 amide bonds. The van der Waals surface area contributed by atoms with E-state index in [-0.39, 0.29) is 60.3 Å². The van der Waals surface area contributed by atoms with Gasteiger partial charge < -0.3 is 46.9 Å². The molecule has 2 heterocycles. The van der Waals surface area contributed by atoms with Gasteiger partial charge in [-0.3, -0.25) is 14.2 Å². The molecule has 3 rings (SSSR count). The molecule has 2 saturated heterocycles. The summed E-state index contributed by atoms with van der Waals surface area (Å²) >= 11 is 1.84. The van der Waals surface area contributed by atoms with Crippen LogP contribution in [0.2, 0.25) is 0 Å². The van der Waals surface area contributed by atoms with E-state index in [4.69, 9.17) is 20.7 Å². The molecule has 0 saturated carbocycles. The van der Waals surface area contributed by atoms with Gasteiger partial charge in [-0.25, -0.2) is 9.79 Å². The highest BCUT2D eigenvalue weighted by Gasteiger charge is 2.43. The Hall–Kier alpha value is -2.32. The zero-order valence-corrected chi connectivity index (χ0v) is 27.7. The van der Waals surface area contributed by atoms with Crippen molar-refractivity contribution in [3.05, 3.63) is 11.4 Å². The molecule has 16 heteroatoms. The van der Waals surface area contributed by atoms with Gasteiger partial charge in [0.1, 0.15) is 0 Å². The third-order valence-electron chi connectivity index (χ3n) is 8.09. The van der Waals surface area contributed by atoms with Gasteiger partial charge in [0.15, 0.2) is 5.96 Å². The normalized spacial score (nSPS) is 27.5. The van der Waals surface area contributed by atoms with Gasteiger partial charge in [0.2, 0.25) is 11.8 Å². The van der Waals surface area contributed by atoms with Crippen LogP contribution in [-0.2, 0) is 23.4 Å². The third-order valence-corrected chi connectivity index (χ3v) is 11.2. The predicted molar refractivity (Wildman–Crippen MR) is 171 cm³/mol. The molecule has 44 heavy (non-hydrogen) atoms. The number of rotatable bonds is 18. The standard InChI is InChI=1S/C28H50N7O7PS/c1-4-18(5-2)42-22-15-19(14-20(33-27(29)30)25(22)32-17(3)36)43(39,40)41-13-8-6-7-12-31-24(37)11-9-10-23-26-21(16-44-23)34-28(38)35-26/h15,18,20-23,25-26H,4-14,16H2,1-3H3,(H,31,37)(H,32,36)(H,39,40)(H4,29,30,33)(H2,34,35,38)/t20-,21-,22+,23-,25+,26-/m0/s1. The molecule has 14 nitrogen and oxygen atoms in total. The van der Waals surface area contributed by atoms with Gasteiger partial charge in [0, 0.05) is 42.6 Å². The molecule has 0 aromatic carbocycles. The monoisotopic (exact) mass is 659 g/mol. The van der Waals surface area contributed by atoms with Gasteiger partial charge in [0.25, 0.3) is 0 Å². The van der Waals surface area contributed by atoms with Crippen LogP contribution in [0, 0.1) is 0 Å². The van der Waals surface area contributed by atoms with Gasteiger partial charge >= 0.3 is 13.6 Å². The van der Waals surface area contributed by atoms with Crippen LogP contribution < -0.4 is 32.7 Å². The van der Waals surface area contributed by atoms with E-state index in [9.17, 15) is 23.8 Å². The highest BCUT2D eigenvalue weighted by atomic mass is 32.2. The van der Waals surface area contributed by atoms with Crippen LogP contribution in [-0.4, -0.2) is 89.2 Å².